The van der Waals surface area contributed by atoms with Gasteiger partial charge in [-0.3, -0.25) is 9.20 Å². The highest BCUT2D eigenvalue weighted by Crippen LogP contribution is 2.25. The van der Waals surface area contributed by atoms with Crippen LogP contribution in [0.1, 0.15) is 15.4 Å². The minimum absolute atomic E-state index is 0.0988. The predicted octanol–water partition coefficient (Wildman–Crippen LogP) is 4.06. The molecule has 3 heterocycles. The average molecular weight is 369 g/mol. The summed E-state index contributed by atoms with van der Waals surface area (Å²) < 4.78 is 7.02. The number of ether oxygens (including phenoxy) is 1. The quantitative estimate of drug-likeness (QED) is 0.577. The number of carbonyl (C=O) groups is 1. The van der Waals surface area contributed by atoms with Crippen LogP contribution in [0.2, 0.25) is 0 Å². The van der Waals surface area contributed by atoms with E-state index in [1.165, 1.54) is 11.3 Å². The summed E-state index contributed by atoms with van der Waals surface area (Å²) in [6.45, 7) is 0.536. The molecule has 5 nitrogen and oxygen atoms in total. The van der Waals surface area contributed by atoms with Crippen LogP contribution in [-0.4, -0.2) is 22.4 Å². The van der Waals surface area contributed by atoms with Crippen molar-refractivity contribution in [2.24, 2.45) is 0 Å². The molecule has 0 spiro atoms. The normalized spacial score (nSPS) is 10.9. The maximum absolute atomic E-state index is 12.5. The van der Waals surface area contributed by atoms with Gasteiger partial charge in [0.15, 0.2) is 4.96 Å². The molecule has 0 bridgehead atoms. The number of hydrogen-bond donors (Lipinski definition) is 1. The van der Waals surface area contributed by atoms with E-state index in [1.54, 1.807) is 18.4 Å². The SMILES string of the molecule is COc1ccc(-c2cn3c(C(=O)NCc4cccs4)csc3n2)cc1. The second-order valence-electron chi connectivity index (χ2n) is 5.39. The Labute approximate surface area is 152 Å². The van der Waals surface area contributed by atoms with Gasteiger partial charge < -0.3 is 10.1 Å². The van der Waals surface area contributed by atoms with Gasteiger partial charge in [-0.15, -0.1) is 22.7 Å². The lowest BCUT2D eigenvalue weighted by Gasteiger charge is -2.02. The highest BCUT2D eigenvalue weighted by Gasteiger charge is 2.15. The zero-order valence-corrected chi connectivity index (χ0v) is 15.1. The summed E-state index contributed by atoms with van der Waals surface area (Å²) in [6, 6.07) is 11.7. The fourth-order valence-electron chi connectivity index (χ4n) is 2.52. The lowest BCUT2D eigenvalue weighted by molar-refractivity contribution is 0.0945. The minimum Gasteiger partial charge on any atom is -0.497 e. The van der Waals surface area contributed by atoms with E-state index in [0.29, 0.717) is 12.2 Å². The van der Waals surface area contributed by atoms with Gasteiger partial charge >= 0.3 is 0 Å². The van der Waals surface area contributed by atoms with E-state index in [0.717, 1.165) is 26.8 Å². The number of aromatic nitrogens is 2. The van der Waals surface area contributed by atoms with Crippen LogP contribution in [0.3, 0.4) is 0 Å². The second-order valence-corrected chi connectivity index (χ2v) is 7.26. The van der Waals surface area contributed by atoms with Crippen molar-refractivity contribution in [3.63, 3.8) is 0 Å². The lowest BCUT2D eigenvalue weighted by Crippen LogP contribution is -2.23. The number of thiophene rings is 1. The molecule has 1 amide bonds. The van der Waals surface area contributed by atoms with Crippen molar-refractivity contribution in [2.75, 3.05) is 7.11 Å². The summed E-state index contributed by atoms with van der Waals surface area (Å²) in [5, 5.41) is 6.80. The van der Waals surface area contributed by atoms with Crippen molar-refractivity contribution in [2.45, 2.75) is 6.54 Å². The molecule has 0 atom stereocenters. The van der Waals surface area contributed by atoms with Crippen molar-refractivity contribution in [3.8, 4) is 17.0 Å². The number of amides is 1. The Balaban J connectivity index is 1.58. The highest BCUT2D eigenvalue weighted by atomic mass is 32.1. The molecule has 3 aromatic heterocycles. The van der Waals surface area contributed by atoms with Gasteiger partial charge in [-0.2, -0.15) is 0 Å². The fourth-order valence-corrected chi connectivity index (χ4v) is 4.02. The number of imidazole rings is 1. The van der Waals surface area contributed by atoms with E-state index in [2.05, 4.69) is 10.3 Å². The van der Waals surface area contributed by atoms with Crippen molar-refractivity contribution in [1.82, 2.24) is 14.7 Å². The topological polar surface area (TPSA) is 55.6 Å². The second kappa shape index (κ2) is 6.70. The number of nitrogens with one attached hydrogen (secondary N) is 1. The van der Waals surface area contributed by atoms with Crippen molar-refractivity contribution < 1.29 is 9.53 Å². The first-order valence-electron chi connectivity index (χ1n) is 7.66. The van der Waals surface area contributed by atoms with Crippen LogP contribution < -0.4 is 10.1 Å². The van der Waals surface area contributed by atoms with E-state index in [4.69, 9.17) is 4.74 Å². The summed E-state index contributed by atoms with van der Waals surface area (Å²) in [4.78, 5) is 19.0. The van der Waals surface area contributed by atoms with Crippen LogP contribution >= 0.6 is 22.7 Å². The standard InChI is InChI=1S/C18H15N3O2S2/c1-23-13-6-4-12(5-7-13)15-10-21-16(11-25-18(21)20-15)17(22)19-9-14-3-2-8-24-14/h2-8,10-11H,9H2,1H3,(H,19,22). The Bertz CT molecular complexity index is 1000. The van der Waals surface area contributed by atoms with E-state index in [-0.39, 0.29) is 5.91 Å². The van der Waals surface area contributed by atoms with Crippen LogP contribution in [0.4, 0.5) is 0 Å². The molecule has 4 rings (SSSR count). The van der Waals surface area contributed by atoms with E-state index < -0.39 is 0 Å². The number of nitrogens with zero attached hydrogens (tertiary/aromatic N) is 2. The molecule has 4 aromatic rings. The van der Waals surface area contributed by atoms with E-state index in [1.807, 2.05) is 57.8 Å². The number of rotatable bonds is 5. The molecule has 0 saturated heterocycles. The van der Waals surface area contributed by atoms with Crippen LogP contribution in [0, 0.1) is 0 Å². The summed E-state index contributed by atoms with van der Waals surface area (Å²) in [6.07, 6.45) is 1.90. The Morgan fingerprint density at radius 2 is 2.08 bits per heavy atom. The van der Waals surface area contributed by atoms with Gasteiger partial charge in [0, 0.05) is 22.0 Å². The molecule has 0 unspecified atom stereocenters. The molecule has 0 aliphatic heterocycles. The number of benzene rings is 1. The summed E-state index contributed by atoms with van der Waals surface area (Å²) in [5.41, 5.74) is 2.42. The fraction of sp³-hybridized carbons (Fsp3) is 0.111. The molecule has 0 saturated carbocycles. The third-order valence-corrected chi connectivity index (χ3v) is 5.55. The first kappa shape index (κ1) is 15.9. The Morgan fingerprint density at radius 1 is 1.24 bits per heavy atom. The number of hydrogen-bond acceptors (Lipinski definition) is 5. The Hall–Kier alpha value is -2.64. The first-order valence-corrected chi connectivity index (χ1v) is 9.42. The zero-order chi connectivity index (χ0) is 17.2. The Kier molecular flexibility index (Phi) is 4.25. The number of methoxy groups -OCH3 is 1. The maximum Gasteiger partial charge on any atom is 0.269 e. The van der Waals surface area contributed by atoms with Crippen molar-refractivity contribution in [1.29, 1.82) is 0 Å². The monoisotopic (exact) mass is 369 g/mol. The predicted molar refractivity (Wildman–Crippen MR) is 101 cm³/mol. The molecule has 0 radical (unpaired) electrons. The molecule has 0 fully saturated rings. The molecular weight excluding hydrogens is 354 g/mol. The summed E-state index contributed by atoms with van der Waals surface area (Å²) in [7, 11) is 1.64. The number of fused-ring (bicyclic) bond motifs is 1. The van der Waals surface area contributed by atoms with Gasteiger partial charge in [-0.25, -0.2) is 4.98 Å². The molecule has 1 N–H and O–H groups in total. The van der Waals surface area contributed by atoms with E-state index >= 15 is 0 Å². The molecule has 0 aliphatic rings. The largest absolute Gasteiger partial charge is 0.497 e. The van der Waals surface area contributed by atoms with Crippen LogP contribution in [0.15, 0.2) is 53.4 Å². The van der Waals surface area contributed by atoms with Crippen LogP contribution in [0.5, 0.6) is 5.75 Å². The van der Waals surface area contributed by atoms with Gasteiger partial charge in [-0.05, 0) is 35.7 Å². The van der Waals surface area contributed by atoms with Crippen molar-refractivity contribution in [3.05, 3.63) is 63.9 Å². The molecule has 126 valence electrons. The molecule has 25 heavy (non-hydrogen) atoms. The first-order chi connectivity index (χ1) is 12.2. The third kappa shape index (κ3) is 3.16. The highest BCUT2D eigenvalue weighted by molar-refractivity contribution is 7.15. The average Bonchev–Trinajstić information content (AvgIpc) is 3.36. The number of carbonyl (C=O) groups excluding carboxylic acids is 1. The van der Waals surface area contributed by atoms with Crippen LogP contribution in [0.25, 0.3) is 16.2 Å². The summed E-state index contributed by atoms with van der Waals surface area (Å²) >= 11 is 3.09. The molecule has 1 aromatic carbocycles. The zero-order valence-electron chi connectivity index (χ0n) is 13.4. The molecular formula is C18H15N3O2S2. The maximum atomic E-state index is 12.5. The lowest BCUT2D eigenvalue weighted by atomic mass is 10.2. The van der Waals surface area contributed by atoms with Gasteiger partial charge in [0.2, 0.25) is 0 Å². The van der Waals surface area contributed by atoms with Gasteiger partial charge in [-0.1, -0.05) is 6.07 Å². The van der Waals surface area contributed by atoms with Gasteiger partial charge in [0.05, 0.1) is 19.3 Å². The third-order valence-electron chi connectivity index (χ3n) is 3.83. The smallest absolute Gasteiger partial charge is 0.269 e. The number of thiazole rings is 1. The van der Waals surface area contributed by atoms with Gasteiger partial charge in [0.1, 0.15) is 11.4 Å². The minimum atomic E-state index is -0.0988. The van der Waals surface area contributed by atoms with Crippen molar-refractivity contribution >= 4 is 33.5 Å². The van der Waals surface area contributed by atoms with Gasteiger partial charge in [0.25, 0.3) is 5.91 Å². The Morgan fingerprint density at radius 3 is 2.80 bits per heavy atom. The molecule has 7 heteroatoms. The molecule has 0 aliphatic carbocycles. The summed E-state index contributed by atoms with van der Waals surface area (Å²) in [5.74, 6) is 0.705. The van der Waals surface area contributed by atoms with E-state index in [9.17, 15) is 4.79 Å². The van der Waals surface area contributed by atoms with Crippen LogP contribution in [-0.2, 0) is 6.54 Å².